The minimum atomic E-state index is -0.243. The molecule has 1 aromatic rings. The number of fused-ring (bicyclic) bond motifs is 3. The molecule has 0 amide bonds. The van der Waals surface area contributed by atoms with Gasteiger partial charge in [0.15, 0.2) is 0 Å². The lowest BCUT2D eigenvalue weighted by atomic mass is 9.71. The number of hydrogen-bond donors (Lipinski definition) is 1. The van der Waals surface area contributed by atoms with Gasteiger partial charge in [0.2, 0.25) is 0 Å². The molecule has 0 radical (unpaired) electrons. The molecule has 0 spiro atoms. The van der Waals surface area contributed by atoms with Gasteiger partial charge in [-0.25, -0.2) is 4.79 Å². The lowest BCUT2D eigenvalue weighted by Crippen LogP contribution is -2.46. The first kappa shape index (κ1) is 16.9. The molecule has 2 fully saturated rings. The number of anilines is 1. The third kappa shape index (κ3) is 3.29. The average molecular weight is 343 g/mol. The first-order chi connectivity index (χ1) is 12.3. The summed E-state index contributed by atoms with van der Waals surface area (Å²) in [5, 5.41) is 3.82. The number of carbonyl (C=O) groups is 1. The second-order valence-electron chi connectivity index (χ2n) is 7.69. The monoisotopic (exact) mass is 343 g/mol. The Morgan fingerprint density at radius 1 is 1.20 bits per heavy atom. The number of carbonyl (C=O) groups excluding carboxylic acids is 1. The molecular formula is C21H29NO3. The molecule has 1 aliphatic carbocycles. The second kappa shape index (κ2) is 7.36. The summed E-state index contributed by atoms with van der Waals surface area (Å²) >= 11 is 0. The van der Waals surface area contributed by atoms with Crippen molar-refractivity contribution in [1.29, 1.82) is 0 Å². The molecule has 4 heteroatoms. The number of ether oxygens (including phenoxy) is 2. The van der Waals surface area contributed by atoms with E-state index in [9.17, 15) is 4.79 Å². The van der Waals surface area contributed by atoms with Crippen LogP contribution in [0.2, 0.25) is 0 Å². The Kier molecular flexibility index (Phi) is 4.98. The van der Waals surface area contributed by atoms with E-state index < -0.39 is 0 Å². The van der Waals surface area contributed by atoms with Crippen molar-refractivity contribution >= 4 is 11.7 Å². The molecule has 0 bridgehead atoms. The summed E-state index contributed by atoms with van der Waals surface area (Å²) in [6, 6.07) is 6.39. The second-order valence-corrected chi connectivity index (χ2v) is 7.69. The molecule has 2 heterocycles. The zero-order valence-electron chi connectivity index (χ0n) is 15.1. The highest BCUT2D eigenvalue weighted by atomic mass is 16.5. The number of benzene rings is 1. The van der Waals surface area contributed by atoms with Crippen LogP contribution < -0.4 is 5.32 Å². The van der Waals surface area contributed by atoms with Crippen LogP contribution in [0.4, 0.5) is 5.69 Å². The fourth-order valence-corrected chi connectivity index (χ4v) is 5.01. The van der Waals surface area contributed by atoms with Crippen LogP contribution in [0, 0.1) is 11.8 Å². The van der Waals surface area contributed by atoms with E-state index in [0.717, 1.165) is 24.6 Å². The van der Waals surface area contributed by atoms with E-state index in [1.54, 1.807) is 0 Å². The SMILES string of the molecule is CCOC(=O)c1ccc2c(c1)N[C@H](C1CCCCC1)[C@@H]1CCCOC21. The summed E-state index contributed by atoms with van der Waals surface area (Å²) < 4.78 is 11.4. The average Bonchev–Trinajstić information content (AvgIpc) is 2.68. The predicted molar refractivity (Wildman–Crippen MR) is 97.8 cm³/mol. The molecule has 136 valence electrons. The van der Waals surface area contributed by atoms with Gasteiger partial charge in [0.05, 0.1) is 18.3 Å². The van der Waals surface area contributed by atoms with Crippen molar-refractivity contribution < 1.29 is 14.3 Å². The molecule has 1 saturated carbocycles. The Hall–Kier alpha value is -1.55. The van der Waals surface area contributed by atoms with Crippen LogP contribution in [0.25, 0.3) is 0 Å². The highest BCUT2D eigenvalue weighted by molar-refractivity contribution is 5.91. The van der Waals surface area contributed by atoms with Crippen LogP contribution in [-0.4, -0.2) is 25.2 Å². The molecule has 2 aliphatic heterocycles. The van der Waals surface area contributed by atoms with Crippen molar-refractivity contribution in [1.82, 2.24) is 0 Å². The van der Waals surface area contributed by atoms with E-state index in [2.05, 4.69) is 11.4 Å². The predicted octanol–water partition coefficient (Wildman–Crippen LogP) is 4.71. The Labute approximate surface area is 150 Å². The van der Waals surface area contributed by atoms with Crippen molar-refractivity contribution in [3.63, 3.8) is 0 Å². The molecule has 1 aromatic carbocycles. The Morgan fingerprint density at radius 2 is 2.04 bits per heavy atom. The van der Waals surface area contributed by atoms with E-state index in [1.807, 2.05) is 19.1 Å². The van der Waals surface area contributed by atoms with Crippen LogP contribution in [0.3, 0.4) is 0 Å². The van der Waals surface area contributed by atoms with Gasteiger partial charge in [-0.2, -0.15) is 0 Å². The smallest absolute Gasteiger partial charge is 0.338 e. The van der Waals surface area contributed by atoms with Crippen LogP contribution in [0.15, 0.2) is 18.2 Å². The molecule has 0 aromatic heterocycles. The Balaban J connectivity index is 1.65. The minimum absolute atomic E-state index is 0.174. The van der Waals surface area contributed by atoms with E-state index in [-0.39, 0.29) is 12.1 Å². The Morgan fingerprint density at radius 3 is 2.84 bits per heavy atom. The third-order valence-corrected chi connectivity index (χ3v) is 6.18. The first-order valence-electron chi connectivity index (χ1n) is 9.97. The summed E-state index contributed by atoms with van der Waals surface area (Å²) in [5.41, 5.74) is 2.92. The molecule has 3 aliphatic rings. The van der Waals surface area contributed by atoms with Crippen molar-refractivity contribution in [3.05, 3.63) is 29.3 Å². The maximum absolute atomic E-state index is 12.1. The van der Waals surface area contributed by atoms with Crippen LogP contribution >= 0.6 is 0 Å². The van der Waals surface area contributed by atoms with Gasteiger partial charge in [0.1, 0.15) is 0 Å². The van der Waals surface area contributed by atoms with Crippen LogP contribution in [-0.2, 0) is 9.47 Å². The standard InChI is InChI=1S/C21H29NO3/c1-2-24-21(23)15-10-11-16-18(13-15)22-19(14-7-4-3-5-8-14)17-9-6-12-25-20(16)17/h10-11,13-14,17,19-20,22H,2-9,12H2,1H3/t17-,19+,20?/m0/s1. The molecular weight excluding hydrogens is 314 g/mol. The van der Waals surface area contributed by atoms with Crippen LogP contribution in [0.1, 0.15) is 73.9 Å². The van der Waals surface area contributed by atoms with E-state index in [1.165, 1.54) is 44.1 Å². The van der Waals surface area contributed by atoms with E-state index in [4.69, 9.17) is 9.47 Å². The molecule has 4 nitrogen and oxygen atoms in total. The van der Waals surface area contributed by atoms with Gasteiger partial charge in [0.25, 0.3) is 0 Å². The first-order valence-corrected chi connectivity index (χ1v) is 9.97. The quantitative estimate of drug-likeness (QED) is 0.808. The number of rotatable bonds is 3. The summed E-state index contributed by atoms with van der Waals surface area (Å²) in [5.74, 6) is 1.04. The van der Waals surface area contributed by atoms with Gasteiger partial charge < -0.3 is 14.8 Å². The van der Waals surface area contributed by atoms with Gasteiger partial charge in [-0.3, -0.25) is 0 Å². The van der Waals surface area contributed by atoms with Crippen molar-refractivity contribution in [3.8, 4) is 0 Å². The van der Waals surface area contributed by atoms with Gasteiger partial charge in [-0.15, -0.1) is 0 Å². The number of hydrogen-bond acceptors (Lipinski definition) is 4. The fourth-order valence-electron chi connectivity index (χ4n) is 5.01. The third-order valence-electron chi connectivity index (χ3n) is 6.18. The van der Waals surface area contributed by atoms with Crippen LogP contribution in [0.5, 0.6) is 0 Å². The topological polar surface area (TPSA) is 47.6 Å². The lowest BCUT2D eigenvalue weighted by Gasteiger charge is -2.47. The van der Waals surface area contributed by atoms with Crippen molar-refractivity contribution in [2.45, 2.75) is 64.0 Å². The molecule has 1 unspecified atom stereocenters. The largest absolute Gasteiger partial charge is 0.462 e. The molecule has 1 N–H and O–H groups in total. The fraction of sp³-hybridized carbons (Fsp3) is 0.667. The molecule has 25 heavy (non-hydrogen) atoms. The number of nitrogens with one attached hydrogen (secondary N) is 1. The Bertz CT molecular complexity index is 624. The maximum Gasteiger partial charge on any atom is 0.338 e. The van der Waals surface area contributed by atoms with Gasteiger partial charge in [0, 0.05) is 29.8 Å². The summed E-state index contributed by atoms with van der Waals surface area (Å²) in [6.45, 7) is 3.09. The van der Waals surface area contributed by atoms with Gasteiger partial charge in [-0.1, -0.05) is 25.3 Å². The van der Waals surface area contributed by atoms with Gasteiger partial charge >= 0.3 is 5.97 Å². The summed E-state index contributed by atoms with van der Waals surface area (Å²) in [6.07, 6.45) is 9.25. The zero-order chi connectivity index (χ0) is 17.2. The maximum atomic E-state index is 12.1. The van der Waals surface area contributed by atoms with E-state index in [0.29, 0.717) is 24.1 Å². The molecule has 1 saturated heterocycles. The zero-order valence-corrected chi connectivity index (χ0v) is 15.1. The lowest BCUT2D eigenvalue weighted by molar-refractivity contribution is -0.0458. The summed E-state index contributed by atoms with van der Waals surface area (Å²) in [4.78, 5) is 12.1. The highest BCUT2D eigenvalue weighted by Gasteiger charge is 2.42. The van der Waals surface area contributed by atoms with E-state index >= 15 is 0 Å². The van der Waals surface area contributed by atoms with Crippen molar-refractivity contribution in [2.24, 2.45) is 11.8 Å². The summed E-state index contributed by atoms with van der Waals surface area (Å²) in [7, 11) is 0. The molecule has 4 rings (SSSR count). The highest BCUT2D eigenvalue weighted by Crippen LogP contribution is 2.47. The van der Waals surface area contributed by atoms with Gasteiger partial charge in [-0.05, 0) is 50.7 Å². The normalized spacial score (nSPS) is 29.2. The minimum Gasteiger partial charge on any atom is -0.462 e. The van der Waals surface area contributed by atoms with Crippen molar-refractivity contribution in [2.75, 3.05) is 18.5 Å². The number of esters is 1. The molecule has 3 atom stereocenters.